The molecular formula is C29H34Cl2N4O3. The zero-order valence-electron chi connectivity index (χ0n) is 21.8. The Hall–Kier alpha value is -2.77. The molecule has 0 bridgehead atoms. The Morgan fingerprint density at radius 3 is 2.55 bits per heavy atom. The van der Waals surface area contributed by atoms with Crippen molar-refractivity contribution >= 4 is 34.9 Å². The topological polar surface area (TPSA) is 67.8 Å². The van der Waals surface area contributed by atoms with Gasteiger partial charge in [0, 0.05) is 56.2 Å². The summed E-state index contributed by atoms with van der Waals surface area (Å²) in [4.78, 5) is 26.8. The van der Waals surface area contributed by atoms with E-state index >= 15 is 0 Å². The third-order valence-electron chi connectivity index (χ3n) is 7.92. The van der Waals surface area contributed by atoms with Crippen LogP contribution in [0.25, 0.3) is 0 Å². The molecule has 4 heterocycles. The van der Waals surface area contributed by atoms with E-state index in [1.54, 1.807) is 31.6 Å². The van der Waals surface area contributed by atoms with Crippen molar-refractivity contribution < 1.29 is 14.3 Å². The number of nitrogens with zero attached hydrogens (tertiary/aromatic N) is 4. The molecule has 0 spiro atoms. The Bertz CT molecular complexity index is 1160. The minimum absolute atomic E-state index is 0.0150. The molecule has 7 nitrogen and oxygen atoms in total. The predicted octanol–water partition coefficient (Wildman–Crippen LogP) is 5.39. The van der Waals surface area contributed by atoms with Crippen molar-refractivity contribution in [3.63, 3.8) is 0 Å². The van der Waals surface area contributed by atoms with Gasteiger partial charge in [0.05, 0.1) is 23.7 Å². The average Bonchev–Trinajstić information content (AvgIpc) is 3.40. The predicted molar refractivity (Wildman–Crippen MR) is 150 cm³/mol. The first-order chi connectivity index (χ1) is 18.4. The van der Waals surface area contributed by atoms with Gasteiger partial charge < -0.3 is 19.3 Å². The van der Waals surface area contributed by atoms with Crippen molar-refractivity contribution in [2.24, 2.45) is 17.8 Å². The summed E-state index contributed by atoms with van der Waals surface area (Å²) in [6, 6.07) is 7.46. The van der Waals surface area contributed by atoms with E-state index in [9.17, 15) is 4.79 Å². The number of anilines is 1. The van der Waals surface area contributed by atoms with Gasteiger partial charge in [-0.05, 0) is 50.0 Å². The van der Waals surface area contributed by atoms with Crippen molar-refractivity contribution in [2.45, 2.75) is 37.7 Å². The van der Waals surface area contributed by atoms with Crippen molar-refractivity contribution in [1.82, 2.24) is 14.9 Å². The van der Waals surface area contributed by atoms with Gasteiger partial charge in [0.15, 0.2) is 0 Å². The molecule has 202 valence electrons. The number of ether oxygens (including phenoxy) is 2. The van der Waals surface area contributed by atoms with Gasteiger partial charge in [-0.2, -0.15) is 0 Å². The first kappa shape index (κ1) is 26.8. The highest BCUT2D eigenvalue weighted by atomic mass is 35.5. The van der Waals surface area contributed by atoms with E-state index in [4.69, 9.17) is 32.7 Å². The lowest BCUT2D eigenvalue weighted by atomic mass is 9.83. The monoisotopic (exact) mass is 556 g/mol. The summed E-state index contributed by atoms with van der Waals surface area (Å²) in [5.74, 6) is 2.79. The van der Waals surface area contributed by atoms with Gasteiger partial charge in [-0.15, -0.1) is 11.6 Å². The number of allylic oxidation sites excluding steroid dienone is 3. The number of piperidine rings is 1. The van der Waals surface area contributed by atoms with E-state index in [-0.39, 0.29) is 35.1 Å². The number of likely N-dealkylation sites (tertiary alicyclic amines) is 1. The second kappa shape index (κ2) is 12.0. The van der Waals surface area contributed by atoms with Crippen molar-refractivity contribution in [1.29, 1.82) is 0 Å². The summed E-state index contributed by atoms with van der Waals surface area (Å²) in [6.45, 7) is 5.04. The molecule has 3 aliphatic rings. The van der Waals surface area contributed by atoms with Crippen LogP contribution in [0.15, 0.2) is 60.5 Å². The summed E-state index contributed by atoms with van der Waals surface area (Å²) in [6.07, 6.45) is 12.0. The Kier molecular flexibility index (Phi) is 8.44. The molecular weight excluding hydrogens is 523 g/mol. The molecule has 1 amide bonds. The number of carbonyl (C=O) groups is 1. The number of aromatic nitrogens is 2. The SMILES string of the molecule is COc1ccc(N2CCC(C(=O)N3CC(C4=CCC(Cl)C=C4)C(C(C)Oc4ccc(Cl)cn4)C3)CC2)nc1. The number of rotatable bonds is 7. The van der Waals surface area contributed by atoms with Crippen LogP contribution in [-0.2, 0) is 4.79 Å². The fourth-order valence-electron chi connectivity index (χ4n) is 5.73. The maximum absolute atomic E-state index is 13.7. The van der Waals surface area contributed by atoms with Crippen molar-refractivity contribution in [3.8, 4) is 11.6 Å². The normalized spacial score (nSPS) is 24.7. The first-order valence-corrected chi connectivity index (χ1v) is 14.1. The van der Waals surface area contributed by atoms with E-state index in [2.05, 4.69) is 38.8 Å². The molecule has 0 radical (unpaired) electrons. The van der Waals surface area contributed by atoms with Crippen LogP contribution in [0.1, 0.15) is 26.2 Å². The van der Waals surface area contributed by atoms with Gasteiger partial charge in [0.1, 0.15) is 17.7 Å². The van der Waals surface area contributed by atoms with Crippen LogP contribution < -0.4 is 14.4 Å². The molecule has 38 heavy (non-hydrogen) atoms. The van der Waals surface area contributed by atoms with E-state index in [0.29, 0.717) is 24.0 Å². The molecule has 2 saturated heterocycles. The lowest BCUT2D eigenvalue weighted by molar-refractivity contribution is -0.135. The quantitative estimate of drug-likeness (QED) is 0.426. The minimum atomic E-state index is -0.127. The van der Waals surface area contributed by atoms with Gasteiger partial charge in [-0.25, -0.2) is 9.97 Å². The number of halogens is 2. The number of amides is 1. The fraction of sp³-hybridized carbons (Fsp3) is 0.483. The van der Waals surface area contributed by atoms with Crippen molar-refractivity contribution in [3.05, 3.63) is 65.5 Å². The van der Waals surface area contributed by atoms with Crippen LogP contribution in [0.2, 0.25) is 5.02 Å². The number of methoxy groups -OCH3 is 1. The molecule has 0 saturated carbocycles. The number of alkyl halides is 1. The molecule has 4 atom stereocenters. The molecule has 0 N–H and O–H groups in total. The molecule has 2 aliphatic heterocycles. The third kappa shape index (κ3) is 6.10. The molecule has 9 heteroatoms. The lowest BCUT2D eigenvalue weighted by Crippen LogP contribution is -2.42. The Balaban J connectivity index is 1.25. The van der Waals surface area contributed by atoms with Gasteiger partial charge >= 0.3 is 0 Å². The Morgan fingerprint density at radius 2 is 1.92 bits per heavy atom. The highest BCUT2D eigenvalue weighted by molar-refractivity contribution is 6.30. The van der Waals surface area contributed by atoms with E-state index in [0.717, 1.165) is 43.9 Å². The van der Waals surface area contributed by atoms with E-state index < -0.39 is 0 Å². The molecule has 2 aromatic heterocycles. The Morgan fingerprint density at radius 1 is 1.11 bits per heavy atom. The van der Waals surface area contributed by atoms with E-state index in [1.165, 1.54) is 5.57 Å². The lowest BCUT2D eigenvalue weighted by Gasteiger charge is -2.34. The number of hydrogen-bond donors (Lipinski definition) is 0. The highest BCUT2D eigenvalue weighted by Crippen LogP contribution is 2.37. The smallest absolute Gasteiger partial charge is 0.225 e. The molecule has 2 aromatic rings. The number of carbonyl (C=O) groups excluding carboxylic acids is 1. The second-order valence-electron chi connectivity index (χ2n) is 10.3. The largest absolute Gasteiger partial charge is 0.495 e. The summed E-state index contributed by atoms with van der Waals surface area (Å²) in [7, 11) is 1.64. The third-order valence-corrected chi connectivity index (χ3v) is 8.46. The van der Waals surface area contributed by atoms with Gasteiger partial charge in [0.2, 0.25) is 11.8 Å². The summed E-state index contributed by atoms with van der Waals surface area (Å²) in [5.41, 5.74) is 1.24. The van der Waals surface area contributed by atoms with Crippen molar-refractivity contribution in [2.75, 3.05) is 38.2 Å². The minimum Gasteiger partial charge on any atom is -0.495 e. The molecule has 2 fully saturated rings. The number of pyridine rings is 2. The standard InChI is InChI=1S/C29H34Cl2N4O3/c1-19(38-28-10-7-23(31)15-33-28)25-17-35(18-26(25)20-3-5-22(30)6-4-20)29(36)21-11-13-34(14-12-21)27-9-8-24(37-2)16-32-27/h3-5,7-10,15-16,19,21-22,25-26H,6,11-14,17-18H2,1-2H3. The molecule has 5 rings (SSSR count). The van der Waals surface area contributed by atoms with Gasteiger partial charge in [0.25, 0.3) is 0 Å². The second-order valence-corrected chi connectivity index (χ2v) is 11.3. The van der Waals surface area contributed by atoms with Crippen LogP contribution in [0.3, 0.4) is 0 Å². The Labute approximate surface area is 234 Å². The maximum Gasteiger partial charge on any atom is 0.225 e. The van der Waals surface area contributed by atoms with Crippen LogP contribution in [0, 0.1) is 17.8 Å². The fourth-order valence-corrected chi connectivity index (χ4v) is 6.00. The summed E-state index contributed by atoms with van der Waals surface area (Å²) in [5, 5.41) is 0.594. The van der Waals surface area contributed by atoms with Crippen LogP contribution in [0.4, 0.5) is 5.82 Å². The van der Waals surface area contributed by atoms with E-state index in [1.807, 2.05) is 18.2 Å². The van der Waals surface area contributed by atoms with Gasteiger partial charge in [-0.3, -0.25) is 4.79 Å². The average molecular weight is 558 g/mol. The molecule has 4 unspecified atom stereocenters. The molecule has 1 aliphatic carbocycles. The van der Waals surface area contributed by atoms with Crippen LogP contribution >= 0.6 is 23.2 Å². The van der Waals surface area contributed by atoms with Gasteiger partial charge in [-0.1, -0.05) is 29.8 Å². The summed E-state index contributed by atoms with van der Waals surface area (Å²) >= 11 is 12.3. The number of hydrogen-bond acceptors (Lipinski definition) is 6. The maximum atomic E-state index is 13.7. The highest BCUT2D eigenvalue weighted by Gasteiger charge is 2.42. The summed E-state index contributed by atoms with van der Waals surface area (Å²) < 4.78 is 11.5. The van der Waals surface area contributed by atoms with Crippen LogP contribution in [-0.4, -0.2) is 65.5 Å². The zero-order valence-corrected chi connectivity index (χ0v) is 23.3. The zero-order chi connectivity index (χ0) is 26.6. The molecule has 0 aromatic carbocycles. The van der Waals surface area contributed by atoms with Crippen LogP contribution in [0.5, 0.6) is 11.6 Å². The first-order valence-electron chi connectivity index (χ1n) is 13.3.